The van der Waals surface area contributed by atoms with E-state index in [1.807, 2.05) is 0 Å². The topological polar surface area (TPSA) is 37.3 Å². The number of aliphatic carboxylic acids is 1. The Morgan fingerprint density at radius 1 is 0.250 bits per heavy atom. The molecule has 0 spiro atoms. The zero-order chi connectivity index (χ0) is 34.7. The predicted octanol–water partition coefficient (Wildman–Crippen LogP) is 17.3. The Kier molecular flexibility index (Phi) is 44.0. The van der Waals surface area contributed by atoms with Gasteiger partial charge in [-0.15, -0.1) is 0 Å². The lowest BCUT2D eigenvalue weighted by molar-refractivity contribution is -0.137. The Labute approximate surface area is 304 Å². The Morgan fingerprint density at radius 2 is 0.375 bits per heavy atom. The number of hydrogen-bond acceptors (Lipinski definition) is 1. The van der Waals surface area contributed by atoms with E-state index in [1.54, 1.807) is 0 Å². The van der Waals surface area contributed by atoms with Crippen molar-refractivity contribution in [3.8, 4) is 0 Å². The van der Waals surface area contributed by atoms with Gasteiger partial charge >= 0.3 is 5.97 Å². The molecular formula is C46H92O2. The Morgan fingerprint density at radius 3 is 0.500 bits per heavy atom. The maximum Gasteiger partial charge on any atom is 0.303 e. The van der Waals surface area contributed by atoms with Gasteiger partial charge in [-0.1, -0.05) is 277 Å². The first-order valence-corrected chi connectivity index (χ1v) is 23.0. The molecule has 2 heteroatoms. The van der Waals surface area contributed by atoms with Crippen molar-refractivity contribution in [3.63, 3.8) is 0 Å². The first-order chi connectivity index (χ1) is 23.8. The van der Waals surface area contributed by atoms with Crippen LogP contribution in [0.25, 0.3) is 0 Å². The Hall–Kier alpha value is -0.530. The van der Waals surface area contributed by atoms with Gasteiger partial charge in [-0.25, -0.2) is 0 Å². The highest BCUT2D eigenvalue weighted by Crippen LogP contribution is 2.18. The summed E-state index contributed by atoms with van der Waals surface area (Å²) in [7, 11) is 0. The van der Waals surface area contributed by atoms with Crippen LogP contribution in [0, 0.1) is 0 Å². The molecule has 0 bridgehead atoms. The molecule has 0 aliphatic rings. The van der Waals surface area contributed by atoms with E-state index in [-0.39, 0.29) is 0 Å². The van der Waals surface area contributed by atoms with Gasteiger partial charge in [-0.2, -0.15) is 0 Å². The van der Waals surface area contributed by atoms with E-state index in [1.165, 1.54) is 263 Å². The molecule has 0 amide bonds. The number of carboxylic acids is 1. The maximum absolute atomic E-state index is 10.5. The summed E-state index contributed by atoms with van der Waals surface area (Å²) < 4.78 is 0. The normalized spacial score (nSPS) is 11.5. The van der Waals surface area contributed by atoms with Crippen molar-refractivity contribution in [2.24, 2.45) is 0 Å². The average molecular weight is 677 g/mol. The standard InChI is InChI=1S/C46H92O2/c1-2-3-4-5-6-7-8-9-10-11-12-13-14-15-16-17-18-19-20-21-22-23-24-25-26-27-28-29-30-31-32-33-34-35-36-37-38-39-40-41-42-43-44-45-46(47)48/h2-45H2,1H3,(H,47,48). The molecule has 0 aliphatic heterocycles. The van der Waals surface area contributed by atoms with Crippen molar-refractivity contribution < 1.29 is 9.90 Å². The van der Waals surface area contributed by atoms with Crippen LogP contribution in [-0.2, 0) is 4.79 Å². The minimum absolute atomic E-state index is 0.347. The van der Waals surface area contributed by atoms with Gasteiger partial charge in [0.15, 0.2) is 0 Å². The Bertz CT molecular complexity index is 572. The summed E-state index contributed by atoms with van der Waals surface area (Å²) in [5, 5.41) is 8.65. The molecule has 1 N–H and O–H groups in total. The van der Waals surface area contributed by atoms with Crippen LogP contribution in [0.4, 0.5) is 0 Å². The maximum atomic E-state index is 10.5. The third-order valence-corrected chi connectivity index (χ3v) is 11.0. The molecule has 0 heterocycles. The molecule has 0 aromatic carbocycles. The fourth-order valence-electron chi connectivity index (χ4n) is 7.60. The summed E-state index contributed by atoms with van der Waals surface area (Å²) in [5.41, 5.74) is 0. The van der Waals surface area contributed by atoms with Crippen LogP contribution in [0.1, 0.15) is 289 Å². The van der Waals surface area contributed by atoms with Crippen molar-refractivity contribution >= 4 is 5.97 Å². The van der Waals surface area contributed by atoms with Gasteiger partial charge in [0.25, 0.3) is 0 Å². The highest BCUT2D eigenvalue weighted by atomic mass is 16.4. The molecule has 0 aromatic heterocycles. The monoisotopic (exact) mass is 677 g/mol. The Balaban J connectivity index is 3.04. The van der Waals surface area contributed by atoms with E-state index in [9.17, 15) is 4.79 Å². The molecule has 0 rings (SSSR count). The summed E-state index contributed by atoms with van der Waals surface area (Å²) in [4.78, 5) is 10.5. The molecule has 0 fully saturated rings. The molecule has 2 nitrogen and oxygen atoms in total. The van der Waals surface area contributed by atoms with Gasteiger partial charge in [-0.3, -0.25) is 4.79 Å². The van der Waals surface area contributed by atoms with Crippen LogP contribution in [0.15, 0.2) is 0 Å². The highest BCUT2D eigenvalue weighted by molar-refractivity contribution is 5.66. The van der Waals surface area contributed by atoms with Crippen LogP contribution >= 0.6 is 0 Å². The van der Waals surface area contributed by atoms with Crippen molar-refractivity contribution in [3.05, 3.63) is 0 Å². The van der Waals surface area contributed by atoms with Gasteiger partial charge in [0, 0.05) is 6.42 Å². The van der Waals surface area contributed by atoms with E-state index in [4.69, 9.17) is 5.11 Å². The van der Waals surface area contributed by atoms with Gasteiger partial charge in [0.2, 0.25) is 0 Å². The second-order valence-electron chi connectivity index (χ2n) is 16.0. The van der Waals surface area contributed by atoms with Crippen molar-refractivity contribution in [2.45, 2.75) is 289 Å². The average Bonchev–Trinajstić information content (AvgIpc) is 3.08. The van der Waals surface area contributed by atoms with Crippen molar-refractivity contribution in [1.82, 2.24) is 0 Å². The van der Waals surface area contributed by atoms with Crippen LogP contribution in [0.3, 0.4) is 0 Å². The third-order valence-electron chi connectivity index (χ3n) is 11.0. The van der Waals surface area contributed by atoms with Crippen LogP contribution < -0.4 is 0 Å². The van der Waals surface area contributed by atoms with Crippen molar-refractivity contribution in [1.29, 1.82) is 0 Å². The van der Waals surface area contributed by atoms with E-state index < -0.39 is 5.97 Å². The number of carbonyl (C=O) groups is 1. The van der Waals surface area contributed by atoms with Crippen LogP contribution in [-0.4, -0.2) is 11.1 Å². The summed E-state index contributed by atoms with van der Waals surface area (Å²) in [5.74, 6) is -0.646. The van der Waals surface area contributed by atoms with Gasteiger partial charge in [0.1, 0.15) is 0 Å². The number of hydrogen-bond donors (Lipinski definition) is 1. The van der Waals surface area contributed by atoms with Gasteiger partial charge in [-0.05, 0) is 6.42 Å². The first-order valence-electron chi connectivity index (χ1n) is 23.0. The summed E-state index contributed by atoms with van der Waals surface area (Å²) in [6.45, 7) is 2.31. The number of carboxylic acid groups (broad SMARTS) is 1. The van der Waals surface area contributed by atoms with E-state index in [2.05, 4.69) is 6.92 Å². The summed E-state index contributed by atoms with van der Waals surface area (Å²) >= 11 is 0. The molecule has 0 unspecified atom stereocenters. The van der Waals surface area contributed by atoms with Gasteiger partial charge < -0.3 is 5.11 Å². The second kappa shape index (κ2) is 44.5. The molecule has 0 aliphatic carbocycles. The van der Waals surface area contributed by atoms with E-state index in [0.717, 1.165) is 12.8 Å². The third kappa shape index (κ3) is 45.5. The highest BCUT2D eigenvalue weighted by Gasteiger charge is 1.99. The zero-order valence-electron chi connectivity index (χ0n) is 33.5. The molecular weight excluding hydrogens is 585 g/mol. The first kappa shape index (κ1) is 47.5. The quantitative estimate of drug-likeness (QED) is 0.0652. The second-order valence-corrected chi connectivity index (χ2v) is 16.0. The SMILES string of the molecule is CCCCCCCCCCCCCCCCCCCCCCCCCCCCCCCCCCCCCCCCCCCCCC(=O)O. The van der Waals surface area contributed by atoms with Crippen molar-refractivity contribution in [2.75, 3.05) is 0 Å². The summed E-state index contributed by atoms with van der Waals surface area (Å²) in [6, 6.07) is 0. The van der Waals surface area contributed by atoms with E-state index >= 15 is 0 Å². The lowest BCUT2D eigenvalue weighted by Crippen LogP contribution is -1.93. The number of rotatable bonds is 44. The molecule has 288 valence electrons. The predicted molar refractivity (Wildman–Crippen MR) is 216 cm³/mol. The fourth-order valence-corrected chi connectivity index (χ4v) is 7.60. The lowest BCUT2D eigenvalue weighted by atomic mass is 10.0. The zero-order valence-corrected chi connectivity index (χ0v) is 33.5. The number of unbranched alkanes of at least 4 members (excludes halogenated alkanes) is 42. The minimum Gasteiger partial charge on any atom is -0.481 e. The molecule has 48 heavy (non-hydrogen) atoms. The van der Waals surface area contributed by atoms with Crippen LogP contribution in [0.5, 0.6) is 0 Å². The fraction of sp³-hybridized carbons (Fsp3) is 0.978. The lowest BCUT2D eigenvalue weighted by Gasteiger charge is -2.05. The smallest absolute Gasteiger partial charge is 0.303 e. The molecule has 0 saturated heterocycles. The van der Waals surface area contributed by atoms with Crippen LogP contribution in [0.2, 0.25) is 0 Å². The summed E-state index contributed by atoms with van der Waals surface area (Å²) in [6.07, 6.45) is 61.9. The molecule has 0 saturated carbocycles. The molecule has 0 atom stereocenters. The molecule has 0 aromatic rings. The minimum atomic E-state index is -0.646. The largest absolute Gasteiger partial charge is 0.481 e. The molecule has 0 radical (unpaired) electrons. The van der Waals surface area contributed by atoms with Gasteiger partial charge in [0.05, 0.1) is 0 Å². The van der Waals surface area contributed by atoms with E-state index in [0.29, 0.717) is 6.42 Å².